The van der Waals surface area contributed by atoms with Crippen LogP contribution in [0.2, 0.25) is 5.15 Å². The number of nitriles is 1. The number of phenols is 1. The first-order chi connectivity index (χ1) is 16.0. The Labute approximate surface area is 195 Å². The molecule has 1 aliphatic heterocycles. The number of hydrogen-bond donors (Lipinski definition) is 1. The first-order valence-corrected chi connectivity index (χ1v) is 11.1. The number of aryl methyl sites for hydroxylation is 1. The Bertz CT molecular complexity index is 1480. The molecule has 1 fully saturated rings. The van der Waals surface area contributed by atoms with E-state index in [0.717, 1.165) is 16.3 Å². The van der Waals surface area contributed by atoms with E-state index in [9.17, 15) is 15.2 Å². The fourth-order valence-electron chi connectivity index (χ4n) is 4.62. The summed E-state index contributed by atoms with van der Waals surface area (Å²) >= 11 is 6.16. The lowest BCUT2D eigenvalue weighted by molar-refractivity contribution is 0.248. The zero-order chi connectivity index (χ0) is 23.1. The van der Waals surface area contributed by atoms with Gasteiger partial charge in [0.1, 0.15) is 28.1 Å². The van der Waals surface area contributed by atoms with Crippen molar-refractivity contribution in [1.82, 2.24) is 14.5 Å². The minimum Gasteiger partial charge on any atom is -0.508 e. The van der Waals surface area contributed by atoms with Gasteiger partial charge in [0, 0.05) is 45.3 Å². The molecule has 33 heavy (non-hydrogen) atoms. The predicted octanol–water partition coefficient (Wildman–Crippen LogP) is 3.64. The largest absolute Gasteiger partial charge is 0.508 e. The van der Waals surface area contributed by atoms with Gasteiger partial charge in [-0.05, 0) is 29.0 Å². The molecular weight excluding hydrogens is 438 g/mol. The van der Waals surface area contributed by atoms with Crippen LogP contribution < -0.4 is 10.5 Å². The topological polar surface area (TPSA) is 85.4 Å². The number of rotatable bonds is 3. The van der Waals surface area contributed by atoms with E-state index >= 15 is 0 Å². The Hall–Kier alpha value is -3.60. The van der Waals surface area contributed by atoms with Gasteiger partial charge in [-0.25, -0.2) is 4.98 Å². The summed E-state index contributed by atoms with van der Waals surface area (Å²) in [6.45, 7) is 3.29. The van der Waals surface area contributed by atoms with Gasteiger partial charge in [-0.3, -0.25) is 9.69 Å². The minimum absolute atomic E-state index is 0.0833. The van der Waals surface area contributed by atoms with Crippen molar-refractivity contribution in [3.05, 3.63) is 75.2 Å². The van der Waals surface area contributed by atoms with Crippen molar-refractivity contribution >= 4 is 39.1 Å². The molecule has 5 rings (SSSR count). The summed E-state index contributed by atoms with van der Waals surface area (Å²) in [5, 5.41) is 22.7. The Morgan fingerprint density at radius 2 is 1.85 bits per heavy atom. The van der Waals surface area contributed by atoms with Gasteiger partial charge in [-0.1, -0.05) is 41.9 Å². The number of fused-ring (bicyclic) bond motifs is 2. The van der Waals surface area contributed by atoms with E-state index in [4.69, 9.17) is 11.6 Å². The molecule has 0 atom stereocenters. The number of halogens is 1. The average Bonchev–Trinajstić information content (AvgIpc) is 2.83. The van der Waals surface area contributed by atoms with Gasteiger partial charge in [0.05, 0.1) is 11.2 Å². The fourth-order valence-corrected chi connectivity index (χ4v) is 4.77. The van der Waals surface area contributed by atoms with Gasteiger partial charge in [0.2, 0.25) is 0 Å². The van der Waals surface area contributed by atoms with Crippen LogP contribution in [-0.2, 0) is 13.6 Å². The highest BCUT2D eigenvalue weighted by Crippen LogP contribution is 2.31. The number of hydrogen-bond acceptors (Lipinski definition) is 6. The molecule has 8 heteroatoms. The summed E-state index contributed by atoms with van der Waals surface area (Å²) < 4.78 is 1.44. The van der Waals surface area contributed by atoms with Gasteiger partial charge in [0.25, 0.3) is 5.56 Å². The van der Waals surface area contributed by atoms with Crippen molar-refractivity contribution in [2.75, 3.05) is 31.1 Å². The third kappa shape index (κ3) is 3.67. The number of piperazine rings is 1. The van der Waals surface area contributed by atoms with Gasteiger partial charge < -0.3 is 14.6 Å². The molecule has 7 nitrogen and oxygen atoms in total. The standard InChI is InChI=1S/C25H22ClN5O2/c1-29-20-7-9-22(26)28-23(20)24(18(14-27)25(29)33)31-12-10-30(11-13-31)15-19-17-5-3-2-4-16(17)6-8-21(19)32/h2-9,32H,10-13,15H2,1H3. The summed E-state index contributed by atoms with van der Waals surface area (Å²) in [4.78, 5) is 21.6. The zero-order valence-corrected chi connectivity index (χ0v) is 18.9. The van der Waals surface area contributed by atoms with Crippen molar-refractivity contribution in [1.29, 1.82) is 5.26 Å². The van der Waals surface area contributed by atoms with E-state index in [2.05, 4.69) is 16.0 Å². The molecule has 0 radical (unpaired) electrons. The van der Waals surface area contributed by atoms with Crippen LogP contribution in [0, 0.1) is 11.3 Å². The molecule has 0 bridgehead atoms. The van der Waals surface area contributed by atoms with E-state index in [1.54, 1.807) is 25.2 Å². The Kier molecular flexibility index (Phi) is 5.41. The van der Waals surface area contributed by atoms with Gasteiger partial charge >= 0.3 is 0 Å². The number of aromatic nitrogens is 2. The van der Waals surface area contributed by atoms with E-state index in [0.29, 0.717) is 60.3 Å². The lowest BCUT2D eigenvalue weighted by atomic mass is 10.0. The van der Waals surface area contributed by atoms with Crippen LogP contribution in [0.15, 0.2) is 53.3 Å². The first-order valence-electron chi connectivity index (χ1n) is 10.7. The number of nitrogens with zero attached hydrogens (tertiary/aromatic N) is 5. The van der Waals surface area contributed by atoms with Crippen LogP contribution in [0.4, 0.5) is 5.69 Å². The molecule has 1 N–H and O–H groups in total. The Morgan fingerprint density at radius 1 is 1.09 bits per heavy atom. The van der Waals surface area contributed by atoms with Crippen molar-refractivity contribution in [3.8, 4) is 11.8 Å². The second kappa shape index (κ2) is 8.39. The molecule has 0 amide bonds. The van der Waals surface area contributed by atoms with Gasteiger partial charge in [-0.2, -0.15) is 5.26 Å². The lowest BCUT2D eigenvalue weighted by Gasteiger charge is -2.37. The molecule has 3 heterocycles. The summed E-state index contributed by atoms with van der Waals surface area (Å²) in [6, 6.07) is 17.2. The zero-order valence-electron chi connectivity index (χ0n) is 18.1. The van der Waals surface area contributed by atoms with Crippen LogP contribution >= 0.6 is 11.6 Å². The van der Waals surface area contributed by atoms with Crippen LogP contribution in [-0.4, -0.2) is 45.7 Å². The van der Waals surface area contributed by atoms with E-state index in [1.165, 1.54) is 4.57 Å². The van der Waals surface area contributed by atoms with Crippen LogP contribution in [0.5, 0.6) is 5.75 Å². The van der Waals surface area contributed by atoms with Crippen molar-refractivity contribution in [3.63, 3.8) is 0 Å². The second-order valence-electron chi connectivity index (χ2n) is 8.25. The molecule has 166 valence electrons. The van der Waals surface area contributed by atoms with Crippen molar-refractivity contribution < 1.29 is 5.11 Å². The lowest BCUT2D eigenvalue weighted by Crippen LogP contribution is -2.47. The summed E-state index contributed by atoms with van der Waals surface area (Å²) in [6.07, 6.45) is 0. The highest BCUT2D eigenvalue weighted by atomic mass is 35.5. The molecule has 1 aliphatic rings. The normalized spacial score (nSPS) is 14.6. The average molecular weight is 460 g/mol. The monoisotopic (exact) mass is 459 g/mol. The number of pyridine rings is 2. The molecular formula is C25H22ClN5O2. The van der Waals surface area contributed by atoms with Gasteiger partial charge in [0.15, 0.2) is 0 Å². The summed E-state index contributed by atoms with van der Waals surface area (Å²) in [7, 11) is 1.64. The summed E-state index contributed by atoms with van der Waals surface area (Å²) in [5.74, 6) is 0.291. The van der Waals surface area contributed by atoms with Crippen LogP contribution in [0.25, 0.3) is 21.8 Å². The fraction of sp³-hybridized carbons (Fsp3) is 0.240. The highest BCUT2D eigenvalue weighted by molar-refractivity contribution is 6.29. The maximum atomic E-state index is 12.8. The first kappa shape index (κ1) is 21.3. The third-order valence-corrected chi connectivity index (χ3v) is 6.59. The molecule has 0 spiro atoms. The van der Waals surface area contributed by atoms with Crippen molar-refractivity contribution in [2.24, 2.45) is 7.05 Å². The maximum absolute atomic E-state index is 12.8. The number of phenolic OH excluding ortho intramolecular Hbond substituents is 1. The van der Waals surface area contributed by atoms with Crippen LogP contribution in [0.3, 0.4) is 0 Å². The summed E-state index contributed by atoms with van der Waals surface area (Å²) in [5.41, 5.74) is 2.40. The molecule has 2 aromatic carbocycles. The minimum atomic E-state index is -0.341. The molecule has 2 aromatic heterocycles. The Balaban J connectivity index is 1.46. The quantitative estimate of drug-likeness (QED) is 0.471. The number of benzene rings is 2. The smallest absolute Gasteiger partial charge is 0.270 e. The molecule has 0 saturated carbocycles. The molecule has 0 unspecified atom stereocenters. The van der Waals surface area contributed by atoms with Crippen LogP contribution in [0.1, 0.15) is 11.1 Å². The highest BCUT2D eigenvalue weighted by Gasteiger charge is 2.26. The van der Waals surface area contributed by atoms with Crippen molar-refractivity contribution in [2.45, 2.75) is 6.54 Å². The maximum Gasteiger partial charge on any atom is 0.270 e. The van der Waals surface area contributed by atoms with E-state index in [1.807, 2.05) is 35.2 Å². The number of anilines is 1. The second-order valence-corrected chi connectivity index (χ2v) is 8.64. The Morgan fingerprint density at radius 3 is 2.61 bits per heavy atom. The number of aromatic hydroxyl groups is 1. The molecule has 0 aliphatic carbocycles. The third-order valence-electron chi connectivity index (χ3n) is 6.38. The molecule has 4 aromatic rings. The molecule has 1 saturated heterocycles. The van der Waals surface area contributed by atoms with E-state index < -0.39 is 0 Å². The predicted molar refractivity (Wildman–Crippen MR) is 130 cm³/mol. The van der Waals surface area contributed by atoms with E-state index in [-0.39, 0.29) is 11.1 Å². The SMILES string of the molecule is Cn1c(=O)c(C#N)c(N2CCN(Cc3c(O)ccc4ccccc34)CC2)c2nc(Cl)ccc21. The van der Waals surface area contributed by atoms with Gasteiger partial charge in [-0.15, -0.1) is 0 Å².